The molecule has 0 aliphatic heterocycles. The molecule has 20 heavy (non-hydrogen) atoms. The minimum absolute atomic E-state index is 0.129. The Kier molecular flexibility index (Phi) is 4.71. The van der Waals surface area contributed by atoms with Crippen molar-refractivity contribution in [3.05, 3.63) is 35.7 Å². The van der Waals surface area contributed by atoms with E-state index in [1.54, 1.807) is 11.9 Å². The van der Waals surface area contributed by atoms with E-state index in [0.29, 0.717) is 6.54 Å². The molecule has 0 spiro atoms. The van der Waals surface area contributed by atoms with Gasteiger partial charge in [0.1, 0.15) is 0 Å². The summed E-state index contributed by atoms with van der Waals surface area (Å²) in [5, 5.41) is 2.69. The fraction of sp³-hybridized carbons (Fsp3) is 0.250. The van der Waals surface area contributed by atoms with E-state index in [1.165, 1.54) is 11.3 Å². The molecule has 0 saturated heterocycles. The van der Waals surface area contributed by atoms with Crippen LogP contribution in [-0.4, -0.2) is 38.2 Å². The molecule has 108 valence electrons. The Bertz CT molecular complexity index is 655. The van der Waals surface area contributed by atoms with Gasteiger partial charge in [-0.25, -0.2) is 9.17 Å². The van der Waals surface area contributed by atoms with Gasteiger partial charge in [0.05, 0.1) is 12.3 Å². The SMILES string of the molecule is CN(CCOS(=O)(=O)O)c1nc(-c2ccccc2)cs1. The number of thiazole rings is 1. The molecule has 0 saturated carbocycles. The Morgan fingerprint density at radius 2 is 2.05 bits per heavy atom. The molecular formula is C12H14N2O4S2. The highest BCUT2D eigenvalue weighted by molar-refractivity contribution is 7.80. The van der Waals surface area contributed by atoms with E-state index >= 15 is 0 Å². The highest BCUT2D eigenvalue weighted by Crippen LogP contribution is 2.26. The van der Waals surface area contributed by atoms with Gasteiger partial charge >= 0.3 is 10.4 Å². The van der Waals surface area contributed by atoms with Crippen molar-refractivity contribution in [3.8, 4) is 11.3 Å². The molecule has 2 aromatic rings. The Balaban J connectivity index is 1.98. The topological polar surface area (TPSA) is 79.7 Å². The van der Waals surface area contributed by atoms with Crippen molar-refractivity contribution in [2.45, 2.75) is 0 Å². The summed E-state index contributed by atoms with van der Waals surface area (Å²) >= 11 is 1.46. The average Bonchev–Trinajstić information content (AvgIpc) is 2.88. The molecule has 0 amide bonds. The number of anilines is 1. The molecule has 0 aliphatic rings. The predicted octanol–water partition coefficient (Wildman–Crippen LogP) is 2.07. The lowest BCUT2D eigenvalue weighted by Crippen LogP contribution is -2.23. The molecule has 0 aliphatic carbocycles. The Morgan fingerprint density at radius 3 is 2.70 bits per heavy atom. The minimum atomic E-state index is -4.38. The number of benzene rings is 1. The van der Waals surface area contributed by atoms with Crippen molar-refractivity contribution in [3.63, 3.8) is 0 Å². The average molecular weight is 314 g/mol. The molecule has 8 heteroatoms. The lowest BCUT2D eigenvalue weighted by molar-refractivity contribution is 0.274. The summed E-state index contributed by atoms with van der Waals surface area (Å²) < 4.78 is 33.6. The number of hydrogen-bond acceptors (Lipinski definition) is 6. The summed E-state index contributed by atoms with van der Waals surface area (Å²) in [5.41, 5.74) is 1.89. The van der Waals surface area contributed by atoms with Crippen LogP contribution in [0.15, 0.2) is 35.7 Å². The van der Waals surface area contributed by atoms with Gasteiger partial charge in [0.25, 0.3) is 0 Å². The second-order valence-electron chi connectivity index (χ2n) is 4.05. The van der Waals surface area contributed by atoms with Crippen LogP contribution in [0.1, 0.15) is 0 Å². The molecule has 1 aromatic heterocycles. The Hall–Kier alpha value is -1.48. The predicted molar refractivity (Wildman–Crippen MR) is 78.3 cm³/mol. The lowest BCUT2D eigenvalue weighted by atomic mass is 10.2. The van der Waals surface area contributed by atoms with Crippen molar-refractivity contribution in [1.82, 2.24) is 4.98 Å². The smallest absolute Gasteiger partial charge is 0.349 e. The first-order valence-corrected chi connectivity index (χ1v) is 8.04. The summed E-state index contributed by atoms with van der Waals surface area (Å²) in [7, 11) is -2.60. The molecule has 1 N–H and O–H groups in total. The fourth-order valence-corrected chi connectivity index (χ4v) is 2.67. The summed E-state index contributed by atoms with van der Waals surface area (Å²) in [6, 6.07) is 9.77. The van der Waals surface area contributed by atoms with E-state index < -0.39 is 10.4 Å². The molecule has 0 bridgehead atoms. The maximum absolute atomic E-state index is 10.4. The lowest BCUT2D eigenvalue weighted by Gasteiger charge is -2.14. The van der Waals surface area contributed by atoms with Gasteiger partial charge in [-0.1, -0.05) is 30.3 Å². The van der Waals surface area contributed by atoms with Gasteiger partial charge in [0.15, 0.2) is 5.13 Å². The second-order valence-corrected chi connectivity index (χ2v) is 5.98. The Morgan fingerprint density at radius 1 is 1.35 bits per heavy atom. The highest BCUT2D eigenvalue weighted by Gasteiger charge is 2.10. The van der Waals surface area contributed by atoms with Crippen LogP contribution in [-0.2, 0) is 14.6 Å². The minimum Gasteiger partial charge on any atom is -0.349 e. The summed E-state index contributed by atoms with van der Waals surface area (Å²) in [6.07, 6.45) is 0. The van der Waals surface area contributed by atoms with Gasteiger partial charge in [-0.2, -0.15) is 8.42 Å². The summed E-state index contributed by atoms with van der Waals surface area (Å²) in [6.45, 7) is 0.178. The molecule has 0 unspecified atom stereocenters. The van der Waals surface area contributed by atoms with E-state index in [1.807, 2.05) is 35.7 Å². The van der Waals surface area contributed by atoms with Crippen molar-refractivity contribution in [2.75, 3.05) is 25.1 Å². The van der Waals surface area contributed by atoms with Crippen LogP contribution < -0.4 is 4.90 Å². The number of likely N-dealkylation sites (N-methyl/N-ethyl adjacent to an activating group) is 1. The number of nitrogens with zero attached hydrogens (tertiary/aromatic N) is 2. The summed E-state index contributed by atoms with van der Waals surface area (Å²) in [5.74, 6) is 0. The van der Waals surface area contributed by atoms with E-state index in [4.69, 9.17) is 4.55 Å². The van der Waals surface area contributed by atoms with Crippen LogP contribution in [0.2, 0.25) is 0 Å². The molecule has 0 fully saturated rings. The van der Waals surface area contributed by atoms with Gasteiger partial charge in [-0.3, -0.25) is 4.55 Å². The van der Waals surface area contributed by atoms with Gasteiger partial charge in [-0.15, -0.1) is 11.3 Å². The molecule has 1 heterocycles. The van der Waals surface area contributed by atoms with Crippen LogP contribution in [0.5, 0.6) is 0 Å². The number of rotatable bonds is 6. The van der Waals surface area contributed by atoms with Gasteiger partial charge in [-0.05, 0) is 0 Å². The third-order valence-electron chi connectivity index (χ3n) is 2.55. The summed E-state index contributed by atoms with van der Waals surface area (Å²) in [4.78, 5) is 6.24. The van der Waals surface area contributed by atoms with Crippen LogP contribution in [0.25, 0.3) is 11.3 Å². The molecule has 1 aromatic carbocycles. The highest BCUT2D eigenvalue weighted by atomic mass is 32.3. The first kappa shape index (κ1) is 14.9. The van der Waals surface area contributed by atoms with E-state index in [9.17, 15) is 8.42 Å². The van der Waals surface area contributed by atoms with Gasteiger partial charge in [0.2, 0.25) is 0 Å². The normalized spacial score (nSPS) is 11.5. The monoisotopic (exact) mass is 314 g/mol. The van der Waals surface area contributed by atoms with E-state index in [2.05, 4.69) is 9.17 Å². The zero-order valence-corrected chi connectivity index (χ0v) is 12.4. The zero-order chi connectivity index (χ0) is 14.6. The van der Waals surface area contributed by atoms with Gasteiger partial charge in [0, 0.05) is 24.5 Å². The number of aromatic nitrogens is 1. The molecule has 0 atom stereocenters. The van der Waals surface area contributed by atoms with Crippen LogP contribution in [0.4, 0.5) is 5.13 Å². The first-order chi connectivity index (χ1) is 9.46. The van der Waals surface area contributed by atoms with E-state index in [0.717, 1.165) is 16.4 Å². The van der Waals surface area contributed by atoms with Crippen LogP contribution in [0, 0.1) is 0 Å². The zero-order valence-electron chi connectivity index (χ0n) is 10.8. The quantitative estimate of drug-likeness (QED) is 0.822. The van der Waals surface area contributed by atoms with Crippen LogP contribution in [0.3, 0.4) is 0 Å². The Labute approximate surface area is 121 Å². The van der Waals surface area contributed by atoms with E-state index in [-0.39, 0.29) is 6.61 Å². The first-order valence-electron chi connectivity index (χ1n) is 5.79. The van der Waals surface area contributed by atoms with Gasteiger partial charge < -0.3 is 4.90 Å². The second kappa shape index (κ2) is 6.31. The molecule has 2 rings (SSSR count). The third-order valence-corrected chi connectivity index (χ3v) is 3.97. The maximum atomic E-state index is 10.4. The maximum Gasteiger partial charge on any atom is 0.397 e. The largest absolute Gasteiger partial charge is 0.397 e. The molecule has 6 nitrogen and oxygen atoms in total. The van der Waals surface area contributed by atoms with Crippen molar-refractivity contribution < 1.29 is 17.2 Å². The fourth-order valence-electron chi connectivity index (χ4n) is 1.56. The number of hydrogen-bond donors (Lipinski definition) is 1. The molecule has 0 radical (unpaired) electrons. The van der Waals surface area contributed by atoms with Crippen LogP contribution >= 0.6 is 11.3 Å². The standard InChI is InChI=1S/C12H14N2O4S2/c1-14(7-8-18-20(15,16)17)12-13-11(9-19-12)10-5-3-2-4-6-10/h2-6,9H,7-8H2,1H3,(H,15,16,17). The molecular weight excluding hydrogens is 300 g/mol. The van der Waals surface area contributed by atoms with Crippen molar-refractivity contribution in [2.24, 2.45) is 0 Å². The van der Waals surface area contributed by atoms with Crippen molar-refractivity contribution in [1.29, 1.82) is 0 Å². The van der Waals surface area contributed by atoms with Crippen molar-refractivity contribution >= 4 is 26.9 Å². The third kappa shape index (κ3) is 4.27.